The predicted octanol–water partition coefficient (Wildman–Crippen LogP) is 2.60. The van der Waals surface area contributed by atoms with Gasteiger partial charge in [-0.15, -0.1) is 0 Å². The van der Waals surface area contributed by atoms with Gasteiger partial charge in [0.1, 0.15) is 0 Å². The SMILES string of the molecule is C=C(C)C(=O)OCCC.C=COC(=O)CC. The first-order chi connectivity index (χ1) is 7.49. The predicted molar refractivity (Wildman–Crippen MR) is 62.6 cm³/mol. The van der Waals surface area contributed by atoms with Gasteiger partial charge in [-0.3, -0.25) is 4.79 Å². The minimum atomic E-state index is -0.295. The van der Waals surface area contributed by atoms with Crippen LogP contribution >= 0.6 is 0 Å². The summed E-state index contributed by atoms with van der Waals surface area (Å²) < 4.78 is 9.03. The lowest BCUT2D eigenvalue weighted by molar-refractivity contribution is -0.139. The molecule has 0 bridgehead atoms. The van der Waals surface area contributed by atoms with Gasteiger partial charge in [-0.2, -0.15) is 0 Å². The standard InChI is InChI=1S/C7H12O2.C5H8O2/c1-4-5-9-7(8)6(2)3;1-3-5(6)7-4-2/h2,4-5H2,1,3H3;4H,2-3H2,1H3. The Balaban J connectivity index is 0. The Bertz CT molecular complexity index is 243. The van der Waals surface area contributed by atoms with Gasteiger partial charge in [-0.05, 0) is 13.3 Å². The summed E-state index contributed by atoms with van der Waals surface area (Å²) in [6, 6.07) is 0. The van der Waals surface area contributed by atoms with Crippen LogP contribution in [0.15, 0.2) is 25.0 Å². The molecule has 0 heterocycles. The third-order valence-corrected chi connectivity index (χ3v) is 1.29. The number of hydrogen-bond acceptors (Lipinski definition) is 4. The molecule has 0 aromatic rings. The first kappa shape index (κ1) is 16.8. The van der Waals surface area contributed by atoms with E-state index in [1.165, 1.54) is 0 Å². The second-order valence-electron chi connectivity index (χ2n) is 2.93. The lowest BCUT2D eigenvalue weighted by Crippen LogP contribution is -2.04. The third kappa shape index (κ3) is 12.4. The summed E-state index contributed by atoms with van der Waals surface area (Å²) in [6.07, 6.45) is 2.40. The van der Waals surface area contributed by atoms with Gasteiger partial charge in [-0.1, -0.05) is 27.0 Å². The van der Waals surface area contributed by atoms with Crippen LogP contribution in [0, 0.1) is 0 Å². The Morgan fingerprint density at radius 2 is 1.88 bits per heavy atom. The smallest absolute Gasteiger partial charge is 0.333 e. The van der Waals surface area contributed by atoms with Crippen molar-refractivity contribution in [1.29, 1.82) is 0 Å². The Kier molecular flexibility index (Phi) is 12.1. The van der Waals surface area contributed by atoms with Gasteiger partial charge in [0.25, 0.3) is 0 Å². The zero-order valence-electron chi connectivity index (χ0n) is 10.2. The number of carbonyl (C=O) groups excluding carboxylic acids is 2. The molecular formula is C12H20O4. The second kappa shape index (κ2) is 11.5. The van der Waals surface area contributed by atoms with Crippen LogP contribution in [0.3, 0.4) is 0 Å². The molecular weight excluding hydrogens is 208 g/mol. The zero-order chi connectivity index (χ0) is 13.0. The Morgan fingerprint density at radius 3 is 2.12 bits per heavy atom. The molecule has 0 aliphatic rings. The van der Waals surface area contributed by atoms with Crippen LogP contribution in [0.1, 0.15) is 33.6 Å². The maximum absolute atomic E-state index is 10.6. The fraction of sp³-hybridized carbons (Fsp3) is 0.500. The minimum absolute atomic E-state index is 0.241. The molecule has 0 aromatic heterocycles. The lowest BCUT2D eigenvalue weighted by atomic mass is 10.4. The van der Waals surface area contributed by atoms with E-state index >= 15 is 0 Å². The van der Waals surface area contributed by atoms with Crippen LogP contribution in [-0.2, 0) is 19.1 Å². The summed E-state index contributed by atoms with van der Waals surface area (Å²) in [5.74, 6) is -0.535. The molecule has 0 unspecified atom stereocenters. The summed E-state index contributed by atoms with van der Waals surface area (Å²) >= 11 is 0. The van der Waals surface area contributed by atoms with E-state index in [-0.39, 0.29) is 11.9 Å². The van der Waals surface area contributed by atoms with Crippen molar-refractivity contribution in [2.24, 2.45) is 0 Å². The van der Waals surface area contributed by atoms with Gasteiger partial charge >= 0.3 is 11.9 Å². The fourth-order valence-electron chi connectivity index (χ4n) is 0.494. The third-order valence-electron chi connectivity index (χ3n) is 1.29. The first-order valence-corrected chi connectivity index (χ1v) is 5.12. The van der Waals surface area contributed by atoms with E-state index in [1.807, 2.05) is 6.92 Å². The lowest BCUT2D eigenvalue weighted by Gasteiger charge is -1.99. The van der Waals surface area contributed by atoms with Gasteiger partial charge < -0.3 is 9.47 Å². The molecule has 4 nitrogen and oxygen atoms in total. The van der Waals surface area contributed by atoms with E-state index in [0.717, 1.165) is 12.7 Å². The highest BCUT2D eigenvalue weighted by Crippen LogP contribution is 1.91. The van der Waals surface area contributed by atoms with Crippen molar-refractivity contribution in [2.45, 2.75) is 33.6 Å². The van der Waals surface area contributed by atoms with E-state index in [0.29, 0.717) is 18.6 Å². The van der Waals surface area contributed by atoms with Crippen molar-refractivity contribution in [3.8, 4) is 0 Å². The molecule has 0 aliphatic carbocycles. The molecule has 0 rings (SSSR count). The Hall–Kier alpha value is -1.58. The topological polar surface area (TPSA) is 52.6 Å². The van der Waals surface area contributed by atoms with E-state index in [1.54, 1.807) is 13.8 Å². The van der Waals surface area contributed by atoms with Crippen LogP contribution in [0.5, 0.6) is 0 Å². The monoisotopic (exact) mass is 228 g/mol. The second-order valence-corrected chi connectivity index (χ2v) is 2.93. The van der Waals surface area contributed by atoms with Crippen LogP contribution in [0.4, 0.5) is 0 Å². The zero-order valence-corrected chi connectivity index (χ0v) is 10.2. The van der Waals surface area contributed by atoms with Crippen LogP contribution in [0.25, 0.3) is 0 Å². The summed E-state index contributed by atoms with van der Waals surface area (Å²) in [5, 5.41) is 0. The van der Waals surface area contributed by atoms with Gasteiger partial charge in [0.05, 0.1) is 12.9 Å². The minimum Gasteiger partial charge on any atom is -0.462 e. The van der Waals surface area contributed by atoms with Gasteiger partial charge in [0.2, 0.25) is 0 Å². The van der Waals surface area contributed by atoms with E-state index < -0.39 is 0 Å². The van der Waals surface area contributed by atoms with E-state index in [2.05, 4.69) is 17.9 Å². The molecule has 0 radical (unpaired) electrons. The molecule has 0 spiro atoms. The Morgan fingerprint density at radius 1 is 1.31 bits per heavy atom. The van der Waals surface area contributed by atoms with E-state index in [4.69, 9.17) is 4.74 Å². The van der Waals surface area contributed by atoms with Crippen LogP contribution in [-0.4, -0.2) is 18.5 Å². The molecule has 0 aromatic carbocycles. The number of carbonyl (C=O) groups is 2. The summed E-state index contributed by atoms with van der Waals surface area (Å²) in [6.45, 7) is 12.4. The molecule has 0 amide bonds. The molecule has 0 fully saturated rings. The maximum Gasteiger partial charge on any atom is 0.333 e. The highest BCUT2D eigenvalue weighted by Gasteiger charge is 1.99. The Labute approximate surface area is 96.9 Å². The highest BCUT2D eigenvalue weighted by atomic mass is 16.5. The molecule has 92 valence electrons. The molecule has 4 heteroatoms. The van der Waals surface area contributed by atoms with Crippen molar-refractivity contribution < 1.29 is 19.1 Å². The van der Waals surface area contributed by atoms with Crippen LogP contribution < -0.4 is 0 Å². The molecule has 0 aliphatic heterocycles. The van der Waals surface area contributed by atoms with Gasteiger partial charge in [-0.25, -0.2) is 4.79 Å². The van der Waals surface area contributed by atoms with Crippen LogP contribution in [0.2, 0.25) is 0 Å². The average Bonchev–Trinajstić information content (AvgIpc) is 2.26. The molecule has 0 N–H and O–H groups in total. The number of ether oxygens (including phenoxy) is 2. The fourth-order valence-corrected chi connectivity index (χ4v) is 0.494. The molecule has 0 atom stereocenters. The van der Waals surface area contributed by atoms with Gasteiger partial charge in [0.15, 0.2) is 0 Å². The number of esters is 2. The quantitative estimate of drug-likeness (QED) is 0.412. The maximum atomic E-state index is 10.6. The highest BCUT2D eigenvalue weighted by molar-refractivity contribution is 5.86. The summed E-state index contributed by atoms with van der Waals surface area (Å²) in [5.41, 5.74) is 0.462. The molecule has 0 saturated carbocycles. The normalized spacial score (nSPS) is 8.19. The molecule has 0 saturated heterocycles. The van der Waals surface area contributed by atoms with Crippen molar-refractivity contribution in [3.05, 3.63) is 25.0 Å². The number of rotatable bonds is 5. The number of hydrogen-bond donors (Lipinski definition) is 0. The largest absolute Gasteiger partial charge is 0.462 e. The van der Waals surface area contributed by atoms with Crippen molar-refractivity contribution in [3.63, 3.8) is 0 Å². The summed E-state index contributed by atoms with van der Waals surface area (Å²) in [4.78, 5) is 20.7. The van der Waals surface area contributed by atoms with Crippen molar-refractivity contribution >= 4 is 11.9 Å². The van der Waals surface area contributed by atoms with E-state index in [9.17, 15) is 9.59 Å². The molecule has 16 heavy (non-hydrogen) atoms. The summed E-state index contributed by atoms with van der Waals surface area (Å²) in [7, 11) is 0. The van der Waals surface area contributed by atoms with Crippen molar-refractivity contribution in [1.82, 2.24) is 0 Å². The van der Waals surface area contributed by atoms with Crippen molar-refractivity contribution in [2.75, 3.05) is 6.61 Å². The average molecular weight is 228 g/mol. The van der Waals surface area contributed by atoms with Gasteiger partial charge in [0, 0.05) is 12.0 Å². The first-order valence-electron chi connectivity index (χ1n) is 5.12.